The second-order valence-electron chi connectivity index (χ2n) is 6.01. The van der Waals surface area contributed by atoms with Crippen molar-refractivity contribution in [3.8, 4) is 11.5 Å². The molecule has 4 aromatic rings. The summed E-state index contributed by atoms with van der Waals surface area (Å²) in [5, 5.41) is 5.04. The molecular formula is C19H19N3O3S2. The van der Waals surface area contributed by atoms with Gasteiger partial charge in [0.25, 0.3) is 5.91 Å². The molecule has 0 radical (unpaired) electrons. The molecule has 1 aromatic carbocycles. The topological polar surface area (TPSA) is 64.9 Å². The SMILES string of the molecule is CCOc1ccc(C(C)NC(=O)c2cc3c(nc4sccn43)s2)cc1OC. The van der Waals surface area contributed by atoms with E-state index >= 15 is 0 Å². The Hall–Kier alpha value is -2.58. The quantitative estimate of drug-likeness (QED) is 0.516. The number of aromatic nitrogens is 2. The summed E-state index contributed by atoms with van der Waals surface area (Å²) in [5.74, 6) is 1.25. The molecule has 0 bridgehead atoms. The summed E-state index contributed by atoms with van der Waals surface area (Å²) in [5.41, 5.74) is 1.92. The van der Waals surface area contributed by atoms with Gasteiger partial charge in [0, 0.05) is 11.6 Å². The van der Waals surface area contributed by atoms with Crippen LogP contribution >= 0.6 is 22.7 Å². The zero-order valence-corrected chi connectivity index (χ0v) is 16.8. The Morgan fingerprint density at radius 3 is 2.96 bits per heavy atom. The number of benzene rings is 1. The molecule has 1 atom stereocenters. The minimum absolute atomic E-state index is 0.109. The Labute approximate surface area is 164 Å². The highest BCUT2D eigenvalue weighted by molar-refractivity contribution is 7.21. The second-order valence-corrected chi connectivity index (χ2v) is 7.91. The van der Waals surface area contributed by atoms with Crippen molar-refractivity contribution in [3.63, 3.8) is 0 Å². The van der Waals surface area contributed by atoms with E-state index in [2.05, 4.69) is 10.3 Å². The third kappa shape index (κ3) is 3.26. The number of nitrogens with one attached hydrogen (secondary N) is 1. The van der Waals surface area contributed by atoms with Gasteiger partial charge < -0.3 is 14.8 Å². The first-order valence-corrected chi connectivity index (χ1v) is 10.3. The van der Waals surface area contributed by atoms with Crippen molar-refractivity contribution in [2.45, 2.75) is 19.9 Å². The highest BCUT2D eigenvalue weighted by Gasteiger charge is 2.18. The molecule has 0 aliphatic heterocycles. The lowest BCUT2D eigenvalue weighted by Crippen LogP contribution is -2.25. The standard InChI is InChI=1S/C19H19N3O3S2/c1-4-25-14-6-5-12(9-15(14)24-3)11(2)20-17(23)16-10-13-18(27-16)21-19-22(13)7-8-26-19/h5-11H,4H2,1-3H3,(H,20,23). The van der Waals surface area contributed by atoms with Gasteiger partial charge in [-0.3, -0.25) is 9.20 Å². The maximum Gasteiger partial charge on any atom is 0.261 e. The molecule has 27 heavy (non-hydrogen) atoms. The summed E-state index contributed by atoms with van der Waals surface area (Å²) in [6, 6.07) is 7.43. The van der Waals surface area contributed by atoms with Crippen LogP contribution in [0.15, 0.2) is 35.8 Å². The molecule has 8 heteroatoms. The zero-order chi connectivity index (χ0) is 19.0. The predicted molar refractivity (Wildman–Crippen MR) is 108 cm³/mol. The van der Waals surface area contributed by atoms with Gasteiger partial charge in [-0.25, -0.2) is 4.98 Å². The molecule has 6 nitrogen and oxygen atoms in total. The first-order valence-electron chi connectivity index (χ1n) is 8.57. The van der Waals surface area contributed by atoms with Crippen molar-refractivity contribution in [1.82, 2.24) is 14.7 Å². The van der Waals surface area contributed by atoms with E-state index < -0.39 is 0 Å². The maximum absolute atomic E-state index is 12.7. The van der Waals surface area contributed by atoms with Crippen molar-refractivity contribution in [2.75, 3.05) is 13.7 Å². The Morgan fingerprint density at radius 2 is 2.19 bits per heavy atom. The lowest BCUT2D eigenvalue weighted by Gasteiger charge is -2.16. The van der Waals surface area contributed by atoms with E-state index in [4.69, 9.17) is 9.47 Å². The number of thiazole rings is 1. The van der Waals surface area contributed by atoms with Gasteiger partial charge in [0.2, 0.25) is 0 Å². The van der Waals surface area contributed by atoms with E-state index in [1.54, 1.807) is 18.4 Å². The van der Waals surface area contributed by atoms with Crippen LogP contribution < -0.4 is 14.8 Å². The van der Waals surface area contributed by atoms with Crippen LogP contribution in [-0.4, -0.2) is 29.0 Å². The highest BCUT2D eigenvalue weighted by Crippen LogP contribution is 2.31. The van der Waals surface area contributed by atoms with Crippen molar-refractivity contribution in [2.24, 2.45) is 0 Å². The Balaban J connectivity index is 1.54. The number of amides is 1. The monoisotopic (exact) mass is 401 g/mol. The number of nitrogens with zero attached hydrogens (tertiary/aromatic N) is 2. The van der Waals surface area contributed by atoms with Gasteiger partial charge in [-0.1, -0.05) is 6.07 Å². The van der Waals surface area contributed by atoms with E-state index in [0.717, 1.165) is 20.9 Å². The van der Waals surface area contributed by atoms with Crippen molar-refractivity contribution < 1.29 is 14.3 Å². The van der Waals surface area contributed by atoms with Crippen LogP contribution in [0.2, 0.25) is 0 Å². The summed E-state index contributed by atoms with van der Waals surface area (Å²) in [7, 11) is 1.61. The summed E-state index contributed by atoms with van der Waals surface area (Å²) in [6.45, 7) is 4.45. The molecule has 140 valence electrons. The van der Waals surface area contributed by atoms with Crippen LogP contribution in [0.3, 0.4) is 0 Å². The molecule has 1 amide bonds. The number of imidazole rings is 1. The highest BCUT2D eigenvalue weighted by atomic mass is 32.1. The molecule has 3 aromatic heterocycles. The van der Waals surface area contributed by atoms with E-state index in [1.165, 1.54) is 11.3 Å². The molecule has 1 N–H and O–H groups in total. The van der Waals surface area contributed by atoms with Gasteiger partial charge in [0.1, 0.15) is 4.83 Å². The molecule has 0 aliphatic carbocycles. The fraction of sp³-hybridized carbons (Fsp3) is 0.263. The molecule has 0 aliphatic rings. The van der Waals surface area contributed by atoms with E-state index in [9.17, 15) is 4.79 Å². The smallest absolute Gasteiger partial charge is 0.261 e. The third-order valence-electron chi connectivity index (χ3n) is 4.30. The van der Waals surface area contributed by atoms with Gasteiger partial charge in [0.05, 0.1) is 30.2 Å². The largest absolute Gasteiger partial charge is 0.493 e. The van der Waals surface area contributed by atoms with Crippen LogP contribution in [0, 0.1) is 0 Å². The normalized spacial score (nSPS) is 12.4. The number of rotatable bonds is 6. The van der Waals surface area contributed by atoms with Gasteiger partial charge in [-0.2, -0.15) is 0 Å². The van der Waals surface area contributed by atoms with Gasteiger partial charge in [-0.15, -0.1) is 22.7 Å². The second kappa shape index (κ2) is 7.21. The number of thiophene rings is 1. The van der Waals surface area contributed by atoms with Gasteiger partial charge >= 0.3 is 0 Å². The van der Waals surface area contributed by atoms with E-state index in [1.807, 2.05) is 54.1 Å². The average molecular weight is 402 g/mol. The average Bonchev–Trinajstić information content (AvgIpc) is 3.34. The molecule has 0 fully saturated rings. The Bertz CT molecular complexity index is 1110. The fourth-order valence-corrected chi connectivity index (χ4v) is 4.64. The van der Waals surface area contributed by atoms with Gasteiger partial charge in [-0.05, 0) is 37.6 Å². The predicted octanol–water partition coefficient (Wildman–Crippen LogP) is 4.51. The van der Waals surface area contributed by atoms with Crippen LogP contribution in [-0.2, 0) is 0 Å². The van der Waals surface area contributed by atoms with Gasteiger partial charge in [0.15, 0.2) is 16.5 Å². The molecule has 0 saturated carbocycles. The van der Waals surface area contributed by atoms with E-state index in [0.29, 0.717) is 23.0 Å². The minimum Gasteiger partial charge on any atom is -0.493 e. The molecule has 1 unspecified atom stereocenters. The zero-order valence-electron chi connectivity index (χ0n) is 15.2. The number of carbonyl (C=O) groups is 1. The van der Waals surface area contributed by atoms with Crippen molar-refractivity contribution in [1.29, 1.82) is 0 Å². The summed E-state index contributed by atoms with van der Waals surface area (Å²) in [4.78, 5) is 19.7. The molecule has 0 saturated heterocycles. The number of hydrogen-bond acceptors (Lipinski definition) is 6. The molecular weight excluding hydrogens is 382 g/mol. The lowest BCUT2D eigenvalue weighted by atomic mass is 10.1. The van der Waals surface area contributed by atoms with E-state index in [-0.39, 0.29) is 11.9 Å². The Kier molecular flexibility index (Phi) is 4.75. The van der Waals surface area contributed by atoms with Crippen molar-refractivity contribution in [3.05, 3.63) is 46.3 Å². The third-order valence-corrected chi connectivity index (χ3v) is 6.07. The number of fused-ring (bicyclic) bond motifs is 3. The summed E-state index contributed by atoms with van der Waals surface area (Å²) < 4.78 is 13.0. The first kappa shape index (κ1) is 17.8. The Morgan fingerprint density at radius 1 is 1.33 bits per heavy atom. The number of ether oxygens (including phenoxy) is 2. The number of carbonyl (C=O) groups excluding carboxylic acids is 1. The summed E-state index contributed by atoms with van der Waals surface area (Å²) >= 11 is 2.99. The minimum atomic E-state index is -0.166. The van der Waals surface area contributed by atoms with Crippen LogP contribution in [0.4, 0.5) is 0 Å². The molecule has 3 heterocycles. The number of methoxy groups -OCH3 is 1. The van der Waals surface area contributed by atoms with Crippen LogP contribution in [0.25, 0.3) is 15.3 Å². The number of hydrogen-bond donors (Lipinski definition) is 1. The summed E-state index contributed by atoms with van der Waals surface area (Å²) in [6.07, 6.45) is 1.97. The van der Waals surface area contributed by atoms with Crippen LogP contribution in [0.5, 0.6) is 11.5 Å². The molecule has 0 spiro atoms. The maximum atomic E-state index is 12.7. The van der Waals surface area contributed by atoms with Crippen LogP contribution in [0.1, 0.15) is 35.1 Å². The fourth-order valence-electron chi connectivity index (χ4n) is 2.94. The first-order chi connectivity index (χ1) is 13.1. The molecule has 4 rings (SSSR count). The van der Waals surface area contributed by atoms with Crippen molar-refractivity contribution >= 4 is 43.9 Å². The lowest BCUT2D eigenvalue weighted by molar-refractivity contribution is 0.0944.